The van der Waals surface area contributed by atoms with E-state index in [1.165, 1.54) is 11.8 Å². The lowest BCUT2D eigenvalue weighted by molar-refractivity contribution is 0.0943. The lowest BCUT2D eigenvalue weighted by Crippen LogP contribution is -2.26. The van der Waals surface area contributed by atoms with E-state index in [4.69, 9.17) is 9.47 Å². The van der Waals surface area contributed by atoms with Crippen molar-refractivity contribution in [1.29, 1.82) is 0 Å². The molecule has 1 N–H and O–H groups in total. The van der Waals surface area contributed by atoms with Crippen molar-refractivity contribution in [3.05, 3.63) is 53.1 Å². The number of hydrogen-bond donors (Lipinski definition) is 1. The largest absolute Gasteiger partial charge is 0.497 e. The first-order valence-electron chi connectivity index (χ1n) is 9.83. The Bertz CT molecular complexity index is 1000. The van der Waals surface area contributed by atoms with E-state index in [-0.39, 0.29) is 11.6 Å². The molecule has 0 aliphatic rings. The van der Waals surface area contributed by atoms with Crippen LogP contribution in [0.1, 0.15) is 34.0 Å². The summed E-state index contributed by atoms with van der Waals surface area (Å²) in [4.78, 5) is 21.7. The maximum Gasteiger partial charge on any atom is 0.273 e. The summed E-state index contributed by atoms with van der Waals surface area (Å²) in [6, 6.07) is 9.34. The Hall–Kier alpha value is -2.98. The average molecular weight is 443 g/mol. The molecule has 1 aromatic carbocycles. The SMILES string of the molecule is COCCCNC(=O)c1nnn(-c2ccc(OC)cc2)c1CSc1nc(C)cc(C)n1. The van der Waals surface area contributed by atoms with Gasteiger partial charge < -0.3 is 14.8 Å². The van der Waals surface area contributed by atoms with Crippen molar-refractivity contribution in [2.45, 2.75) is 31.2 Å². The van der Waals surface area contributed by atoms with Gasteiger partial charge in [-0.1, -0.05) is 17.0 Å². The van der Waals surface area contributed by atoms with Crippen molar-refractivity contribution in [3.63, 3.8) is 0 Å². The number of nitrogens with one attached hydrogen (secondary N) is 1. The summed E-state index contributed by atoms with van der Waals surface area (Å²) in [5.41, 5.74) is 3.52. The molecule has 3 aromatic rings. The summed E-state index contributed by atoms with van der Waals surface area (Å²) in [7, 11) is 3.25. The summed E-state index contributed by atoms with van der Waals surface area (Å²) >= 11 is 1.44. The van der Waals surface area contributed by atoms with Crippen LogP contribution < -0.4 is 10.1 Å². The molecular weight excluding hydrogens is 416 g/mol. The molecule has 2 heterocycles. The number of nitrogens with zero attached hydrogens (tertiary/aromatic N) is 5. The second-order valence-corrected chi connectivity index (χ2v) is 7.76. The van der Waals surface area contributed by atoms with Crippen molar-refractivity contribution in [2.75, 3.05) is 27.4 Å². The standard InChI is InChI=1S/C21H26N6O3S/c1-14-12-15(2)24-21(23-14)31-13-18-19(20(28)22-10-5-11-29-3)25-26-27(18)16-6-8-17(30-4)9-7-16/h6-9,12H,5,10-11,13H2,1-4H3,(H,22,28). The summed E-state index contributed by atoms with van der Waals surface area (Å²) in [6.07, 6.45) is 0.718. The van der Waals surface area contributed by atoms with Gasteiger partial charge in [0.25, 0.3) is 5.91 Å². The summed E-state index contributed by atoms with van der Waals surface area (Å²) in [5, 5.41) is 11.9. The van der Waals surface area contributed by atoms with Gasteiger partial charge >= 0.3 is 0 Å². The number of rotatable bonds is 10. The van der Waals surface area contributed by atoms with Gasteiger partial charge in [-0.25, -0.2) is 14.6 Å². The minimum absolute atomic E-state index is 0.271. The predicted octanol–water partition coefficient (Wildman–Crippen LogP) is 2.74. The molecule has 0 radical (unpaired) electrons. The van der Waals surface area contributed by atoms with Crippen LogP contribution in [0.3, 0.4) is 0 Å². The Balaban J connectivity index is 1.87. The Kier molecular flexibility index (Phi) is 7.96. The Morgan fingerprint density at radius 3 is 2.48 bits per heavy atom. The monoisotopic (exact) mass is 442 g/mol. The molecule has 10 heteroatoms. The third kappa shape index (κ3) is 6.02. The van der Waals surface area contributed by atoms with Gasteiger partial charge in [-0.05, 0) is 50.6 Å². The van der Waals surface area contributed by atoms with E-state index in [1.807, 2.05) is 44.2 Å². The van der Waals surface area contributed by atoms with Gasteiger partial charge in [0.1, 0.15) is 5.75 Å². The first-order valence-corrected chi connectivity index (χ1v) is 10.8. The first-order chi connectivity index (χ1) is 15.0. The minimum Gasteiger partial charge on any atom is -0.497 e. The molecule has 0 saturated carbocycles. The third-order valence-corrected chi connectivity index (χ3v) is 5.26. The van der Waals surface area contributed by atoms with E-state index in [0.717, 1.165) is 29.2 Å². The summed E-state index contributed by atoms with van der Waals surface area (Å²) < 4.78 is 11.9. The number of amides is 1. The van der Waals surface area contributed by atoms with Crippen LogP contribution in [0, 0.1) is 13.8 Å². The number of carbonyl (C=O) groups is 1. The van der Waals surface area contributed by atoms with Crippen LogP contribution >= 0.6 is 11.8 Å². The van der Waals surface area contributed by atoms with E-state index in [0.29, 0.717) is 29.8 Å². The van der Waals surface area contributed by atoms with Gasteiger partial charge in [0.05, 0.1) is 18.5 Å². The number of aryl methyl sites for hydroxylation is 2. The molecule has 164 valence electrons. The van der Waals surface area contributed by atoms with Gasteiger partial charge in [0.2, 0.25) is 0 Å². The van der Waals surface area contributed by atoms with E-state index in [1.54, 1.807) is 18.9 Å². The van der Waals surface area contributed by atoms with E-state index < -0.39 is 0 Å². The van der Waals surface area contributed by atoms with Crippen molar-refractivity contribution >= 4 is 17.7 Å². The number of hydrogen-bond acceptors (Lipinski definition) is 8. The fourth-order valence-electron chi connectivity index (χ4n) is 2.93. The average Bonchev–Trinajstić information content (AvgIpc) is 3.18. The minimum atomic E-state index is -0.271. The predicted molar refractivity (Wildman–Crippen MR) is 118 cm³/mol. The van der Waals surface area contributed by atoms with Gasteiger partial charge in [0, 0.05) is 37.4 Å². The fourth-order valence-corrected chi connectivity index (χ4v) is 3.87. The number of ether oxygens (including phenoxy) is 2. The molecule has 0 spiro atoms. The number of carbonyl (C=O) groups excluding carboxylic acids is 1. The second kappa shape index (κ2) is 10.9. The Morgan fingerprint density at radius 2 is 1.84 bits per heavy atom. The van der Waals surface area contributed by atoms with Crippen LogP contribution in [0.25, 0.3) is 5.69 Å². The van der Waals surface area contributed by atoms with Crippen LogP contribution in [-0.2, 0) is 10.5 Å². The molecule has 1 amide bonds. The van der Waals surface area contributed by atoms with Crippen molar-refractivity contribution in [1.82, 2.24) is 30.3 Å². The molecule has 2 aromatic heterocycles. The molecular formula is C21H26N6O3S. The maximum absolute atomic E-state index is 12.8. The van der Waals surface area contributed by atoms with Crippen LogP contribution in [0.2, 0.25) is 0 Å². The Labute approximate surface area is 185 Å². The van der Waals surface area contributed by atoms with Gasteiger partial charge in [-0.3, -0.25) is 4.79 Å². The molecule has 0 saturated heterocycles. The quantitative estimate of drug-likeness (QED) is 0.290. The molecule has 0 aliphatic carbocycles. The zero-order valence-electron chi connectivity index (χ0n) is 18.1. The molecule has 0 unspecified atom stereocenters. The number of benzene rings is 1. The van der Waals surface area contributed by atoms with Gasteiger partial charge in [0.15, 0.2) is 10.9 Å². The molecule has 0 bridgehead atoms. The fraction of sp³-hybridized carbons (Fsp3) is 0.381. The highest BCUT2D eigenvalue weighted by Crippen LogP contribution is 2.24. The molecule has 3 rings (SSSR count). The van der Waals surface area contributed by atoms with Gasteiger partial charge in [-0.15, -0.1) is 5.10 Å². The summed E-state index contributed by atoms with van der Waals surface area (Å²) in [5.74, 6) is 0.898. The molecule has 31 heavy (non-hydrogen) atoms. The van der Waals surface area contributed by atoms with Crippen molar-refractivity contribution < 1.29 is 14.3 Å². The topological polar surface area (TPSA) is 104 Å². The highest BCUT2D eigenvalue weighted by atomic mass is 32.2. The molecule has 9 nitrogen and oxygen atoms in total. The van der Waals surface area contributed by atoms with Crippen molar-refractivity contribution in [3.8, 4) is 11.4 Å². The zero-order valence-corrected chi connectivity index (χ0v) is 18.9. The Morgan fingerprint density at radius 1 is 1.13 bits per heavy atom. The molecule has 0 aliphatic heterocycles. The van der Waals surface area contributed by atoms with Crippen LogP contribution in [0.15, 0.2) is 35.5 Å². The summed E-state index contributed by atoms with van der Waals surface area (Å²) in [6.45, 7) is 4.93. The van der Waals surface area contributed by atoms with Crippen molar-refractivity contribution in [2.24, 2.45) is 0 Å². The molecule has 0 fully saturated rings. The highest BCUT2D eigenvalue weighted by molar-refractivity contribution is 7.98. The van der Waals surface area contributed by atoms with E-state index in [2.05, 4.69) is 25.6 Å². The second-order valence-electron chi connectivity index (χ2n) is 6.82. The number of aromatic nitrogens is 5. The highest BCUT2D eigenvalue weighted by Gasteiger charge is 2.21. The molecule has 0 atom stereocenters. The normalized spacial score (nSPS) is 10.8. The first kappa shape index (κ1) is 22.7. The zero-order chi connectivity index (χ0) is 22.2. The number of methoxy groups -OCH3 is 2. The number of thioether (sulfide) groups is 1. The van der Waals surface area contributed by atoms with Crippen LogP contribution in [-0.4, -0.2) is 58.2 Å². The van der Waals surface area contributed by atoms with E-state index in [9.17, 15) is 4.79 Å². The van der Waals surface area contributed by atoms with Crippen LogP contribution in [0.4, 0.5) is 0 Å². The third-order valence-electron chi connectivity index (χ3n) is 4.41. The van der Waals surface area contributed by atoms with Crippen LogP contribution in [0.5, 0.6) is 5.75 Å². The lowest BCUT2D eigenvalue weighted by atomic mass is 10.2. The lowest BCUT2D eigenvalue weighted by Gasteiger charge is -2.09. The van der Waals surface area contributed by atoms with E-state index >= 15 is 0 Å². The maximum atomic E-state index is 12.8. The smallest absolute Gasteiger partial charge is 0.273 e. The van der Waals surface area contributed by atoms with Gasteiger partial charge in [-0.2, -0.15) is 0 Å².